The Bertz CT molecular complexity index is 666. The molecule has 1 atom stereocenters. The molecule has 0 aliphatic heterocycles. The van der Waals surface area contributed by atoms with Crippen LogP contribution >= 0.6 is 11.6 Å². The van der Waals surface area contributed by atoms with Gasteiger partial charge in [0.05, 0.1) is 5.41 Å². The third-order valence-corrected chi connectivity index (χ3v) is 4.91. The maximum absolute atomic E-state index is 12.9. The molecule has 0 saturated heterocycles. The van der Waals surface area contributed by atoms with Crippen molar-refractivity contribution in [2.75, 3.05) is 0 Å². The molecule has 1 fully saturated rings. The van der Waals surface area contributed by atoms with Gasteiger partial charge in [0.2, 0.25) is 5.91 Å². The van der Waals surface area contributed by atoms with Gasteiger partial charge >= 0.3 is 0 Å². The van der Waals surface area contributed by atoms with E-state index in [0.29, 0.717) is 5.02 Å². The number of carbonyl (C=O) groups is 1. The lowest BCUT2D eigenvalue weighted by Crippen LogP contribution is -2.51. The average Bonchev–Trinajstić information content (AvgIpc) is 2.49. The second-order valence-corrected chi connectivity index (χ2v) is 6.78. The fraction of sp³-hybridized carbons (Fsp3) is 0.368. The summed E-state index contributed by atoms with van der Waals surface area (Å²) in [5.74, 6) is 0.120. The molecule has 1 N–H and O–H groups in total. The summed E-state index contributed by atoms with van der Waals surface area (Å²) >= 11 is 5.97. The second-order valence-electron chi connectivity index (χ2n) is 6.34. The Kier molecular flexibility index (Phi) is 4.67. The summed E-state index contributed by atoms with van der Waals surface area (Å²) in [5.41, 5.74) is 1.67. The predicted octanol–water partition coefficient (Wildman–Crippen LogP) is 3.90. The van der Waals surface area contributed by atoms with Crippen molar-refractivity contribution < 1.29 is 4.79 Å². The number of hydrogen-bond donors (Lipinski definition) is 1. The van der Waals surface area contributed by atoms with Crippen LogP contribution in [0.5, 0.6) is 0 Å². The summed E-state index contributed by atoms with van der Waals surface area (Å²) < 4.78 is 0. The topological polar surface area (TPSA) is 42.0 Å². The number of pyridine rings is 1. The first-order valence-electron chi connectivity index (χ1n) is 8.07. The maximum Gasteiger partial charge on any atom is 0.230 e. The van der Waals surface area contributed by atoms with Crippen molar-refractivity contribution in [2.45, 2.75) is 44.1 Å². The first kappa shape index (κ1) is 16.0. The van der Waals surface area contributed by atoms with E-state index >= 15 is 0 Å². The molecule has 0 bridgehead atoms. The molecular formula is C19H21ClN2O. The number of nitrogens with zero attached hydrogens (tertiary/aromatic N) is 1. The van der Waals surface area contributed by atoms with E-state index in [1.165, 1.54) is 0 Å². The van der Waals surface area contributed by atoms with Crippen LogP contribution in [0.3, 0.4) is 0 Å². The van der Waals surface area contributed by atoms with Gasteiger partial charge in [-0.15, -0.1) is 0 Å². The van der Waals surface area contributed by atoms with Crippen molar-refractivity contribution in [3.05, 3.63) is 64.9 Å². The minimum absolute atomic E-state index is 0.0576. The van der Waals surface area contributed by atoms with Crippen molar-refractivity contribution in [1.82, 2.24) is 10.3 Å². The Morgan fingerprint density at radius 2 is 2.00 bits per heavy atom. The van der Waals surface area contributed by atoms with Crippen molar-refractivity contribution in [1.29, 1.82) is 0 Å². The summed E-state index contributed by atoms with van der Waals surface area (Å²) in [5, 5.41) is 3.87. The molecule has 120 valence electrons. The van der Waals surface area contributed by atoms with E-state index in [9.17, 15) is 4.79 Å². The molecule has 4 heteroatoms. The lowest BCUT2D eigenvalue weighted by Gasteiger charge is -2.41. The van der Waals surface area contributed by atoms with Gasteiger partial charge in [-0.2, -0.15) is 0 Å². The number of rotatable bonds is 5. The quantitative estimate of drug-likeness (QED) is 0.904. The van der Waals surface area contributed by atoms with Crippen molar-refractivity contribution in [2.24, 2.45) is 0 Å². The van der Waals surface area contributed by atoms with Crippen molar-refractivity contribution in [3.63, 3.8) is 0 Å². The molecule has 1 aliphatic carbocycles. The van der Waals surface area contributed by atoms with E-state index in [1.807, 2.05) is 49.4 Å². The highest BCUT2D eigenvalue weighted by atomic mass is 35.5. The van der Waals surface area contributed by atoms with Crippen LogP contribution in [0.25, 0.3) is 0 Å². The second kappa shape index (κ2) is 6.71. The van der Waals surface area contributed by atoms with Gasteiger partial charge < -0.3 is 5.32 Å². The van der Waals surface area contributed by atoms with Crippen LogP contribution in [0.1, 0.15) is 37.4 Å². The highest BCUT2D eigenvalue weighted by molar-refractivity contribution is 6.30. The van der Waals surface area contributed by atoms with E-state index in [4.69, 9.17) is 11.6 Å². The minimum atomic E-state index is -0.386. The van der Waals surface area contributed by atoms with Gasteiger partial charge in [0.1, 0.15) is 0 Å². The lowest BCUT2D eigenvalue weighted by molar-refractivity contribution is -0.130. The molecule has 1 aliphatic rings. The van der Waals surface area contributed by atoms with Gasteiger partial charge in [-0.05, 0) is 49.6 Å². The summed E-state index contributed by atoms with van der Waals surface area (Å²) in [6, 6.07) is 13.6. The predicted molar refractivity (Wildman–Crippen MR) is 92.5 cm³/mol. The van der Waals surface area contributed by atoms with Crippen LogP contribution in [0.15, 0.2) is 48.7 Å². The smallest absolute Gasteiger partial charge is 0.230 e. The highest BCUT2D eigenvalue weighted by Gasteiger charge is 2.45. The minimum Gasteiger partial charge on any atom is -0.352 e. The van der Waals surface area contributed by atoms with Gasteiger partial charge in [0.15, 0.2) is 0 Å². The fourth-order valence-corrected chi connectivity index (χ4v) is 3.32. The molecule has 1 amide bonds. The van der Waals surface area contributed by atoms with Gasteiger partial charge in [-0.3, -0.25) is 9.78 Å². The Hall–Kier alpha value is -1.87. The van der Waals surface area contributed by atoms with E-state index < -0.39 is 0 Å². The standard InChI is InChI=1S/C19H21ClN2O/c1-14(13-17-5-2-3-12-21-17)22-18(23)19(10-4-11-19)15-6-8-16(20)9-7-15/h2-3,5-9,12,14H,4,10-11,13H2,1H3,(H,22,23). The van der Waals surface area contributed by atoms with Gasteiger partial charge in [0, 0.05) is 29.4 Å². The molecule has 1 unspecified atom stereocenters. The Labute approximate surface area is 142 Å². The number of nitrogens with one attached hydrogen (secondary N) is 1. The molecule has 1 aromatic carbocycles. The monoisotopic (exact) mass is 328 g/mol. The molecular weight excluding hydrogens is 308 g/mol. The van der Waals surface area contributed by atoms with Gasteiger partial charge in [0.25, 0.3) is 0 Å². The van der Waals surface area contributed by atoms with Crippen molar-refractivity contribution >= 4 is 17.5 Å². The van der Waals surface area contributed by atoms with E-state index in [-0.39, 0.29) is 17.4 Å². The number of hydrogen-bond acceptors (Lipinski definition) is 2. The molecule has 23 heavy (non-hydrogen) atoms. The Morgan fingerprint density at radius 1 is 1.26 bits per heavy atom. The maximum atomic E-state index is 12.9. The number of aromatic nitrogens is 1. The third kappa shape index (κ3) is 3.40. The summed E-state index contributed by atoms with van der Waals surface area (Å²) in [6.07, 6.45) is 5.41. The Balaban J connectivity index is 1.69. The number of halogens is 1. The number of benzene rings is 1. The first-order valence-corrected chi connectivity index (χ1v) is 8.45. The molecule has 1 saturated carbocycles. The van der Waals surface area contributed by atoms with Crippen LogP contribution in [-0.2, 0) is 16.6 Å². The molecule has 0 spiro atoms. The highest BCUT2D eigenvalue weighted by Crippen LogP contribution is 2.44. The SMILES string of the molecule is CC(Cc1ccccn1)NC(=O)C1(c2ccc(Cl)cc2)CCC1. The zero-order valence-electron chi connectivity index (χ0n) is 13.3. The van der Waals surface area contributed by atoms with Crippen LogP contribution in [0.4, 0.5) is 0 Å². The zero-order valence-corrected chi connectivity index (χ0v) is 14.0. The molecule has 3 nitrogen and oxygen atoms in total. The normalized spacial score (nSPS) is 17.1. The molecule has 2 aromatic rings. The van der Waals surface area contributed by atoms with Crippen LogP contribution in [-0.4, -0.2) is 16.9 Å². The summed E-state index contributed by atoms with van der Waals surface area (Å²) in [6.45, 7) is 2.03. The van der Waals surface area contributed by atoms with Gasteiger partial charge in [-0.25, -0.2) is 0 Å². The van der Waals surface area contributed by atoms with E-state index in [0.717, 1.165) is 36.9 Å². The summed E-state index contributed by atoms with van der Waals surface area (Å²) in [4.78, 5) is 17.2. The average molecular weight is 329 g/mol. The zero-order chi connectivity index (χ0) is 16.3. The summed E-state index contributed by atoms with van der Waals surface area (Å²) in [7, 11) is 0. The number of carbonyl (C=O) groups excluding carboxylic acids is 1. The van der Waals surface area contributed by atoms with Crippen LogP contribution < -0.4 is 5.32 Å². The molecule has 0 radical (unpaired) electrons. The third-order valence-electron chi connectivity index (χ3n) is 4.66. The lowest BCUT2D eigenvalue weighted by atomic mass is 9.63. The molecule has 1 aromatic heterocycles. The largest absolute Gasteiger partial charge is 0.352 e. The fourth-order valence-electron chi connectivity index (χ4n) is 3.19. The van der Waals surface area contributed by atoms with E-state index in [2.05, 4.69) is 10.3 Å². The van der Waals surface area contributed by atoms with Crippen molar-refractivity contribution in [3.8, 4) is 0 Å². The first-order chi connectivity index (χ1) is 11.1. The Morgan fingerprint density at radius 3 is 2.57 bits per heavy atom. The van der Waals surface area contributed by atoms with Crippen LogP contribution in [0, 0.1) is 0 Å². The molecule has 1 heterocycles. The van der Waals surface area contributed by atoms with Crippen LogP contribution in [0.2, 0.25) is 5.02 Å². The molecule has 3 rings (SSSR count). The van der Waals surface area contributed by atoms with Gasteiger partial charge in [-0.1, -0.05) is 36.2 Å². The van der Waals surface area contributed by atoms with E-state index in [1.54, 1.807) is 6.20 Å². The number of amides is 1.